The van der Waals surface area contributed by atoms with E-state index >= 15 is 0 Å². The Balaban J connectivity index is 2.00. The second kappa shape index (κ2) is 5.04. The van der Waals surface area contributed by atoms with Crippen LogP contribution in [0.4, 0.5) is 0 Å². The molecule has 0 saturated carbocycles. The van der Waals surface area contributed by atoms with Crippen LogP contribution in [0.3, 0.4) is 0 Å². The number of H-pyrrole nitrogens is 1. The smallest absolute Gasteiger partial charge is 0.335 e. The number of carbonyl (C=O) groups excluding carboxylic acids is 1. The SMILES string of the molecule is O=C(O)c1ccnc(CNC(=O)c2cn[nH]n2)c1. The van der Waals surface area contributed by atoms with Crippen LogP contribution in [0, 0.1) is 0 Å². The average Bonchev–Trinajstić information content (AvgIpc) is 2.90. The first-order chi connectivity index (χ1) is 8.66. The van der Waals surface area contributed by atoms with E-state index in [1.165, 1.54) is 24.5 Å². The molecule has 0 aliphatic carbocycles. The lowest BCUT2D eigenvalue weighted by Crippen LogP contribution is -2.23. The van der Waals surface area contributed by atoms with Crippen molar-refractivity contribution in [3.63, 3.8) is 0 Å². The van der Waals surface area contributed by atoms with E-state index in [1.807, 2.05) is 0 Å². The van der Waals surface area contributed by atoms with Gasteiger partial charge in [0.2, 0.25) is 0 Å². The van der Waals surface area contributed by atoms with E-state index < -0.39 is 11.9 Å². The molecule has 0 bridgehead atoms. The molecule has 2 aromatic rings. The summed E-state index contributed by atoms with van der Waals surface area (Å²) in [7, 11) is 0. The first-order valence-corrected chi connectivity index (χ1v) is 4.99. The summed E-state index contributed by atoms with van der Waals surface area (Å²) in [6.45, 7) is 0.118. The fourth-order valence-corrected chi connectivity index (χ4v) is 1.28. The minimum absolute atomic E-state index is 0.118. The third-order valence-electron chi connectivity index (χ3n) is 2.14. The summed E-state index contributed by atoms with van der Waals surface area (Å²) in [6, 6.07) is 2.77. The lowest BCUT2D eigenvalue weighted by Gasteiger charge is -2.03. The van der Waals surface area contributed by atoms with Gasteiger partial charge in [-0.1, -0.05) is 0 Å². The van der Waals surface area contributed by atoms with Crippen molar-refractivity contribution in [2.75, 3.05) is 0 Å². The average molecular weight is 247 g/mol. The fraction of sp³-hybridized carbons (Fsp3) is 0.100. The maximum absolute atomic E-state index is 11.5. The molecule has 0 aliphatic heterocycles. The number of pyridine rings is 1. The number of nitrogens with one attached hydrogen (secondary N) is 2. The van der Waals surface area contributed by atoms with Gasteiger partial charge < -0.3 is 10.4 Å². The summed E-state index contributed by atoms with van der Waals surface area (Å²) in [5.41, 5.74) is 0.729. The van der Waals surface area contributed by atoms with E-state index in [1.54, 1.807) is 0 Å². The Hall–Kier alpha value is -2.77. The highest BCUT2D eigenvalue weighted by Crippen LogP contribution is 2.02. The minimum Gasteiger partial charge on any atom is -0.478 e. The van der Waals surface area contributed by atoms with Gasteiger partial charge in [-0.3, -0.25) is 9.78 Å². The Labute approximate surface area is 101 Å². The predicted molar refractivity (Wildman–Crippen MR) is 58.7 cm³/mol. The monoisotopic (exact) mass is 247 g/mol. The number of aromatic amines is 1. The molecule has 0 saturated heterocycles. The van der Waals surface area contributed by atoms with Crippen molar-refractivity contribution < 1.29 is 14.7 Å². The highest BCUT2D eigenvalue weighted by molar-refractivity contribution is 5.91. The molecule has 8 heteroatoms. The van der Waals surface area contributed by atoms with E-state index in [0.717, 1.165) is 0 Å². The van der Waals surface area contributed by atoms with E-state index in [2.05, 4.69) is 25.7 Å². The lowest BCUT2D eigenvalue weighted by molar-refractivity contribution is 0.0696. The highest BCUT2D eigenvalue weighted by Gasteiger charge is 2.09. The van der Waals surface area contributed by atoms with Crippen LogP contribution in [-0.4, -0.2) is 37.4 Å². The number of hydrogen-bond acceptors (Lipinski definition) is 5. The third kappa shape index (κ3) is 2.67. The van der Waals surface area contributed by atoms with Crippen LogP contribution in [0.25, 0.3) is 0 Å². The Morgan fingerprint density at radius 3 is 2.94 bits per heavy atom. The van der Waals surface area contributed by atoms with Crippen LogP contribution >= 0.6 is 0 Å². The second-order valence-corrected chi connectivity index (χ2v) is 3.38. The van der Waals surface area contributed by atoms with Gasteiger partial charge in [-0.25, -0.2) is 4.79 Å². The number of amides is 1. The first-order valence-electron chi connectivity index (χ1n) is 4.99. The van der Waals surface area contributed by atoms with Crippen molar-refractivity contribution in [1.82, 2.24) is 25.7 Å². The van der Waals surface area contributed by atoms with Crippen molar-refractivity contribution in [2.24, 2.45) is 0 Å². The molecule has 92 valence electrons. The third-order valence-corrected chi connectivity index (χ3v) is 2.14. The minimum atomic E-state index is -1.04. The van der Waals surface area contributed by atoms with Gasteiger partial charge in [-0.15, -0.1) is 0 Å². The van der Waals surface area contributed by atoms with Crippen molar-refractivity contribution >= 4 is 11.9 Å². The van der Waals surface area contributed by atoms with Gasteiger partial charge in [0.25, 0.3) is 5.91 Å². The van der Waals surface area contributed by atoms with Crippen LogP contribution in [0.1, 0.15) is 26.5 Å². The number of aromatic carboxylic acids is 1. The number of carboxylic acid groups (broad SMARTS) is 1. The van der Waals surface area contributed by atoms with Gasteiger partial charge in [0.15, 0.2) is 5.69 Å². The zero-order valence-electron chi connectivity index (χ0n) is 9.12. The zero-order chi connectivity index (χ0) is 13.0. The van der Waals surface area contributed by atoms with Crippen molar-refractivity contribution in [2.45, 2.75) is 6.54 Å². The van der Waals surface area contributed by atoms with E-state index in [9.17, 15) is 9.59 Å². The summed E-state index contributed by atoms with van der Waals surface area (Å²) < 4.78 is 0. The van der Waals surface area contributed by atoms with Gasteiger partial charge in [-0.05, 0) is 12.1 Å². The zero-order valence-corrected chi connectivity index (χ0v) is 9.12. The molecule has 2 aromatic heterocycles. The normalized spacial score (nSPS) is 10.0. The number of rotatable bonds is 4. The summed E-state index contributed by atoms with van der Waals surface area (Å²) >= 11 is 0. The highest BCUT2D eigenvalue weighted by atomic mass is 16.4. The molecule has 18 heavy (non-hydrogen) atoms. The standard InChI is InChI=1S/C10H9N5O3/c16-9(8-5-13-15-14-8)12-4-7-3-6(10(17)18)1-2-11-7/h1-3,5H,4H2,(H,12,16)(H,17,18)(H,13,14,15). The maximum Gasteiger partial charge on any atom is 0.335 e. The van der Waals surface area contributed by atoms with Gasteiger partial charge in [0.1, 0.15) is 0 Å². The van der Waals surface area contributed by atoms with Crippen LogP contribution in [0.5, 0.6) is 0 Å². The van der Waals surface area contributed by atoms with Crippen LogP contribution in [0.2, 0.25) is 0 Å². The summed E-state index contributed by atoms with van der Waals surface area (Å²) in [4.78, 5) is 26.2. The molecule has 1 amide bonds. The quantitative estimate of drug-likeness (QED) is 0.689. The Kier molecular flexibility index (Phi) is 3.28. The van der Waals surface area contributed by atoms with Crippen molar-refractivity contribution in [1.29, 1.82) is 0 Å². The van der Waals surface area contributed by atoms with E-state index in [4.69, 9.17) is 5.11 Å². The van der Waals surface area contributed by atoms with Crippen LogP contribution in [0.15, 0.2) is 24.5 Å². The number of carbonyl (C=O) groups is 2. The molecule has 0 aliphatic rings. The Bertz CT molecular complexity index is 567. The number of carboxylic acids is 1. The molecule has 0 atom stereocenters. The second-order valence-electron chi connectivity index (χ2n) is 3.38. The molecule has 8 nitrogen and oxygen atoms in total. The largest absolute Gasteiger partial charge is 0.478 e. The molecule has 2 heterocycles. The van der Waals surface area contributed by atoms with Gasteiger partial charge in [-0.2, -0.15) is 15.4 Å². The molecule has 0 unspecified atom stereocenters. The summed E-state index contributed by atoms with van der Waals surface area (Å²) in [5.74, 6) is -1.45. The predicted octanol–water partition coefficient (Wildman–Crippen LogP) is -0.172. The molecular formula is C10H9N5O3. The van der Waals surface area contributed by atoms with E-state index in [-0.39, 0.29) is 17.8 Å². The van der Waals surface area contributed by atoms with Crippen molar-refractivity contribution in [3.8, 4) is 0 Å². The molecule has 0 spiro atoms. The number of hydrogen-bond donors (Lipinski definition) is 3. The molecule has 3 N–H and O–H groups in total. The van der Waals surface area contributed by atoms with E-state index in [0.29, 0.717) is 5.69 Å². The molecule has 0 aromatic carbocycles. The van der Waals surface area contributed by atoms with Gasteiger partial charge in [0.05, 0.1) is 24.0 Å². The number of nitrogens with zero attached hydrogens (tertiary/aromatic N) is 3. The van der Waals surface area contributed by atoms with Gasteiger partial charge in [0, 0.05) is 6.20 Å². The van der Waals surface area contributed by atoms with Crippen LogP contribution in [-0.2, 0) is 6.54 Å². The molecule has 0 radical (unpaired) electrons. The molecule has 0 fully saturated rings. The topological polar surface area (TPSA) is 121 Å². The Morgan fingerprint density at radius 2 is 2.28 bits per heavy atom. The molecular weight excluding hydrogens is 238 g/mol. The van der Waals surface area contributed by atoms with Gasteiger partial charge >= 0.3 is 5.97 Å². The first kappa shape index (κ1) is 11.7. The molecule has 2 rings (SSSR count). The summed E-state index contributed by atoms with van der Waals surface area (Å²) in [6.07, 6.45) is 2.66. The number of aromatic nitrogens is 4. The summed E-state index contributed by atoms with van der Waals surface area (Å²) in [5, 5.41) is 20.8. The fourth-order valence-electron chi connectivity index (χ4n) is 1.28. The lowest BCUT2D eigenvalue weighted by atomic mass is 10.2. The Morgan fingerprint density at radius 1 is 1.44 bits per heavy atom. The van der Waals surface area contributed by atoms with Crippen molar-refractivity contribution in [3.05, 3.63) is 41.5 Å². The van der Waals surface area contributed by atoms with Crippen LogP contribution < -0.4 is 5.32 Å². The maximum atomic E-state index is 11.5.